The first-order chi connectivity index (χ1) is 9.11. The lowest BCUT2D eigenvalue weighted by atomic mass is 10.1. The molecule has 0 spiro atoms. The summed E-state index contributed by atoms with van der Waals surface area (Å²) in [5.74, 6) is 1.60. The second kappa shape index (κ2) is 6.09. The normalized spacial score (nSPS) is 12.2. The van der Waals surface area contributed by atoms with Crippen LogP contribution in [0.2, 0.25) is 5.02 Å². The van der Waals surface area contributed by atoms with E-state index in [1.807, 2.05) is 43.3 Å². The topological polar surface area (TPSA) is 35.2 Å². The van der Waals surface area contributed by atoms with Gasteiger partial charge in [-0.05, 0) is 42.7 Å². The molecule has 0 radical (unpaired) electrons. The molecule has 2 N–H and O–H groups in total. The second-order valence-corrected chi connectivity index (χ2v) is 4.94. The van der Waals surface area contributed by atoms with Crippen molar-refractivity contribution in [3.05, 3.63) is 58.6 Å². The molecular weight excluding hydrogens is 258 g/mol. The molecule has 19 heavy (non-hydrogen) atoms. The predicted molar refractivity (Wildman–Crippen MR) is 79.9 cm³/mol. The van der Waals surface area contributed by atoms with Gasteiger partial charge in [-0.2, -0.15) is 0 Å². The van der Waals surface area contributed by atoms with Crippen LogP contribution in [0.4, 0.5) is 0 Å². The molecule has 0 aliphatic carbocycles. The van der Waals surface area contributed by atoms with Gasteiger partial charge in [-0.3, -0.25) is 0 Å². The maximum atomic E-state index is 6.20. The molecule has 0 saturated heterocycles. The lowest BCUT2D eigenvalue weighted by Crippen LogP contribution is -2.05. The fourth-order valence-corrected chi connectivity index (χ4v) is 2.31. The van der Waals surface area contributed by atoms with Crippen LogP contribution in [0.1, 0.15) is 31.0 Å². The van der Waals surface area contributed by atoms with Crippen LogP contribution >= 0.6 is 11.6 Å². The number of hydrogen-bond donors (Lipinski definition) is 1. The van der Waals surface area contributed by atoms with Gasteiger partial charge >= 0.3 is 0 Å². The lowest BCUT2D eigenvalue weighted by molar-refractivity contribution is 0.476. The van der Waals surface area contributed by atoms with E-state index in [2.05, 4.69) is 13.0 Å². The van der Waals surface area contributed by atoms with Gasteiger partial charge in [0, 0.05) is 11.1 Å². The number of halogens is 1. The van der Waals surface area contributed by atoms with Crippen LogP contribution in [0.25, 0.3) is 0 Å². The minimum Gasteiger partial charge on any atom is -0.457 e. The van der Waals surface area contributed by atoms with E-state index in [9.17, 15) is 0 Å². The summed E-state index contributed by atoms with van der Waals surface area (Å²) < 4.78 is 5.89. The molecule has 0 heterocycles. The highest BCUT2D eigenvalue weighted by Crippen LogP contribution is 2.30. The van der Waals surface area contributed by atoms with Crippen molar-refractivity contribution in [2.75, 3.05) is 0 Å². The highest BCUT2D eigenvalue weighted by Gasteiger charge is 2.08. The molecule has 100 valence electrons. The van der Waals surface area contributed by atoms with Crippen molar-refractivity contribution in [2.45, 2.75) is 26.3 Å². The number of ether oxygens (including phenoxy) is 1. The van der Waals surface area contributed by atoms with Crippen LogP contribution in [0.15, 0.2) is 42.5 Å². The molecule has 0 aromatic heterocycles. The van der Waals surface area contributed by atoms with Gasteiger partial charge < -0.3 is 10.5 Å². The molecule has 1 atom stereocenters. The molecule has 0 fully saturated rings. The van der Waals surface area contributed by atoms with E-state index in [0.29, 0.717) is 5.02 Å². The minimum absolute atomic E-state index is 0.0792. The maximum Gasteiger partial charge on any atom is 0.130 e. The third kappa shape index (κ3) is 3.28. The monoisotopic (exact) mass is 275 g/mol. The number of para-hydroxylation sites is 1. The number of hydrogen-bond acceptors (Lipinski definition) is 2. The van der Waals surface area contributed by atoms with Crippen molar-refractivity contribution in [1.29, 1.82) is 0 Å². The van der Waals surface area contributed by atoms with Crippen molar-refractivity contribution in [2.24, 2.45) is 5.73 Å². The molecule has 0 aliphatic rings. The van der Waals surface area contributed by atoms with Gasteiger partial charge in [-0.25, -0.2) is 0 Å². The molecule has 1 unspecified atom stereocenters. The summed E-state index contributed by atoms with van der Waals surface area (Å²) in [6.45, 7) is 4.02. The third-order valence-electron chi connectivity index (χ3n) is 3.04. The molecule has 2 aromatic rings. The van der Waals surface area contributed by atoms with Crippen molar-refractivity contribution in [1.82, 2.24) is 0 Å². The van der Waals surface area contributed by atoms with Crippen LogP contribution in [0.3, 0.4) is 0 Å². The summed E-state index contributed by atoms with van der Waals surface area (Å²) in [7, 11) is 0. The molecule has 0 aliphatic heterocycles. The SMILES string of the molecule is CCc1ccccc1Oc1ccc(C(C)N)c(Cl)c1. The van der Waals surface area contributed by atoms with Crippen molar-refractivity contribution < 1.29 is 4.74 Å². The molecule has 2 aromatic carbocycles. The third-order valence-corrected chi connectivity index (χ3v) is 3.37. The van der Waals surface area contributed by atoms with Gasteiger partial charge in [-0.15, -0.1) is 0 Å². The number of nitrogens with two attached hydrogens (primary N) is 1. The second-order valence-electron chi connectivity index (χ2n) is 4.54. The van der Waals surface area contributed by atoms with Gasteiger partial charge in [0.2, 0.25) is 0 Å². The Morgan fingerprint density at radius 3 is 2.58 bits per heavy atom. The zero-order chi connectivity index (χ0) is 13.8. The first kappa shape index (κ1) is 13.9. The Labute approximate surface area is 119 Å². The van der Waals surface area contributed by atoms with Gasteiger partial charge in [0.1, 0.15) is 11.5 Å². The van der Waals surface area contributed by atoms with Crippen molar-refractivity contribution in [3.63, 3.8) is 0 Å². The highest BCUT2D eigenvalue weighted by molar-refractivity contribution is 6.31. The first-order valence-electron chi connectivity index (χ1n) is 6.42. The van der Waals surface area contributed by atoms with E-state index in [0.717, 1.165) is 23.5 Å². The summed E-state index contributed by atoms with van der Waals surface area (Å²) >= 11 is 6.20. The molecule has 2 nitrogen and oxygen atoms in total. The number of aryl methyl sites for hydroxylation is 1. The van der Waals surface area contributed by atoms with Gasteiger partial charge in [0.15, 0.2) is 0 Å². The summed E-state index contributed by atoms with van der Waals surface area (Å²) in [5.41, 5.74) is 7.94. The minimum atomic E-state index is -0.0792. The predicted octanol–water partition coefficient (Wildman–Crippen LogP) is 4.71. The van der Waals surface area contributed by atoms with E-state index in [-0.39, 0.29) is 6.04 Å². The molecule has 0 amide bonds. The van der Waals surface area contributed by atoms with Crippen LogP contribution in [0, 0.1) is 0 Å². The van der Waals surface area contributed by atoms with E-state index >= 15 is 0 Å². The summed E-state index contributed by atoms with van der Waals surface area (Å²) in [6, 6.07) is 13.6. The summed E-state index contributed by atoms with van der Waals surface area (Å²) in [5, 5.41) is 0.640. The molecule has 0 bridgehead atoms. The Morgan fingerprint density at radius 2 is 1.95 bits per heavy atom. The highest BCUT2D eigenvalue weighted by atomic mass is 35.5. The first-order valence-corrected chi connectivity index (χ1v) is 6.80. The molecule has 2 rings (SSSR count). The Kier molecular flexibility index (Phi) is 4.46. The van der Waals surface area contributed by atoms with E-state index < -0.39 is 0 Å². The van der Waals surface area contributed by atoms with Gasteiger partial charge in [0.05, 0.1) is 0 Å². The Bertz CT molecular complexity index is 566. The van der Waals surface area contributed by atoms with Crippen LogP contribution in [-0.4, -0.2) is 0 Å². The standard InChI is InChI=1S/C16H18ClNO/c1-3-12-6-4-5-7-16(12)19-13-8-9-14(11(2)18)15(17)10-13/h4-11H,3,18H2,1-2H3. The van der Waals surface area contributed by atoms with E-state index in [1.165, 1.54) is 5.56 Å². The smallest absolute Gasteiger partial charge is 0.130 e. The van der Waals surface area contributed by atoms with Crippen LogP contribution in [0.5, 0.6) is 11.5 Å². The average Bonchev–Trinajstić information content (AvgIpc) is 2.39. The largest absolute Gasteiger partial charge is 0.457 e. The maximum absolute atomic E-state index is 6.20. The number of benzene rings is 2. The van der Waals surface area contributed by atoms with E-state index in [1.54, 1.807) is 0 Å². The molecule has 3 heteroatoms. The van der Waals surface area contributed by atoms with Crippen molar-refractivity contribution in [3.8, 4) is 11.5 Å². The number of rotatable bonds is 4. The molecule has 0 saturated carbocycles. The zero-order valence-electron chi connectivity index (χ0n) is 11.2. The Hall–Kier alpha value is -1.51. The average molecular weight is 276 g/mol. The summed E-state index contributed by atoms with van der Waals surface area (Å²) in [6.07, 6.45) is 0.932. The Balaban J connectivity index is 2.26. The Morgan fingerprint density at radius 1 is 1.21 bits per heavy atom. The summed E-state index contributed by atoms with van der Waals surface area (Å²) in [4.78, 5) is 0. The zero-order valence-corrected chi connectivity index (χ0v) is 11.9. The molecular formula is C16H18ClNO. The fourth-order valence-electron chi connectivity index (χ4n) is 1.96. The van der Waals surface area contributed by atoms with Crippen LogP contribution in [-0.2, 0) is 6.42 Å². The lowest BCUT2D eigenvalue weighted by Gasteiger charge is -2.13. The van der Waals surface area contributed by atoms with Crippen LogP contribution < -0.4 is 10.5 Å². The van der Waals surface area contributed by atoms with Crippen molar-refractivity contribution >= 4 is 11.6 Å². The van der Waals surface area contributed by atoms with Gasteiger partial charge in [-0.1, -0.05) is 42.8 Å². The van der Waals surface area contributed by atoms with Gasteiger partial charge in [0.25, 0.3) is 0 Å². The quantitative estimate of drug-likeness (QED) is 0.877. The fraction of sp³-hybridized carbons (Fsp3) is 0.250. The van der Waals surface area contributed by atoms with E-state index in [4.69, 9.17) is 22.1 Å².